The van der Waals surface area contributed by atoms with E-state index >= 15 is 0 Å². The van der Waals surface area contributed by atoms with Crippen LogP contribution in [0.4, 0.5) is 9.59 Å². The van der Waals surface area contributed by atoms with E-state index in [4.69, 9.17) is 10.5 Å². The third-order valence-electron chi connectivity index (χ3n) is 2.91. The van der Waals surface area contributed by atoms with Crippen LogP contribution in [0.5, 0.6) is 0 Å². The third kappa shape index (κ3) is 6.10. The lowest BCUT2D eigenvalue weighted by Gasteiger charge is -2.28. The molecule has 7 heteroatoms. The summed E-state index contributed by atoms with van der Waals surface area (Å²) in [6.45, 7) is 7.69. The van der Waals surface area contributed by atoms with Crippen LogP contribution >= 0.6 is 0 Å². The van der Waals surface area contributed by atoms with Gasteiger partial charge in [0.25, 0.3) is 0 Å². The number of ether oxygens (including phenoxy) is 2. The van der Waals surface area contributed by atoms with E-state index in [0.717, 1.165) is 19.4 Å². The number of nitrogens with two attached hydrogens (primary N) is 1. The number of carbonyl (C=O) groups is 2. The first-order valence-electron chi connectivity index (χ1n) is 6.92. The van der Waals surface area contributed by atoms with Crippen molar-refractivity contribution in [1.29, 1.82) is 0 Å². The summed E-state index contributed by atoms with van der Waals surface area (Å²) in [6.07, 6.45) is 0.880. The molecule has 0 aliphatic carbocycles. The van der Waals surface area contributed by atoms with Gasteiger partial charge in [-0.05, 0) is 33.6 Å². The first-order valence-corrected chi connectivity index (χ1v) is 6.92. The lowest BCUT2D eigenvalue weighted by atomic mass is 10.2. The summed E-state index contributed by atoms with van der Waals surface area (Å²) in [6, 6.07) is 0.124. The Bertz CT molecular complexity index is 341. The van der Waals surface area contributed by atoms with Gasteiger partial charge in [-0.3, -0.25) is 0 Å². The van der Waals surface area contributed by atoms with Crippen LogP contribution < -0.4 is 11.1 Å². The molecule has 1 aliphatic heterocycles. The van der Waals surface area contributed by atoms with Gasteiger partial charge in [0.1, 0.15) is 12.2 Å². The highest BCUT2D eigenvalue weighted by molar-refractivity contribution is 5.69. The first kappa shape index (κ1) is 16.6. The smallest absolute Gasteiger partial charge is 0.410 e. The van der Waals surface area contributed by atoms with Gasteiger partial charge in [0.05, 0.1) is 0 Å². The first-order chi connectivity index (χ1) is 9.29. The van der Waals surface area contributed by atoms with Crippen molar-refractivity contribution < 1.29 is 19.1 Å². The van der Waals surface area contributed by atoms with Crippen LogP contribution in [0.3, 0.4) is 0 Å². The molecule has 7 nitrogen and oxygen atoms in total. The number of amides is 2. The molecule has 1 rings (SSSR count). The van der Waals surface area contributed by atoms with Crippen molar-refractivity contribution in [3.63, 3.8) is 0 Å². The summed E-state index contributed by atoms with van der Waals surface area (Å²) >= 11 is 0. The number of nitrogens with zero attached hydrogens (tertiary/aromatic N) is 1. The Hall–Kier alpha value is -1.50. The van der Waals surface area contributed by atoms with Gasteiger partial charge < -0.3 is 25.4 Å². The summed E-state index contributed by atoms with van der Waals surface area (Å²) in [5.74, 6) is 0. The van der Waals surface area contributed by atoms with Crippen LogP contribution in [0.2, 0.25) is 0 Å². The van der Waals surface area contributed by atoms with Gasteiger partial charge in [-0.2, -0.15) is 0 Å². The van der Waals surface area contributed by atoms with Crippen LogP contribution in [0, 0.1) is 0 Å². The molecule has 20 heavy (non-hydrogen) atoms. The van der Waals surface area contributed by atoms with Crippen molar-refractivity contribution in [3.8, 4) is 0 Å². The zero-order valence-corrected chi connectivity index (χ0v) is 12.5. The fourth-order valence-corrected chi connectivity index (χ4v) is 2.10. The van der Waals surface area contributed by atoms with Crippen LogP contribution in [0.15, 0.2) is 0 Å². The maximum Gasteiger partial charge on any atom is 0.410 e. The van der Waals surface area contributed by atoms with Crippen LogP contribution in [0.25, 0.3) is 0 Å². The summed E-state index contributed by atoms with van der Waals surface area (Å²) in [5, 5.41) is 3.15. The Morgan fingerprint density at radius 1 is 1.40 bits per heavy atom. The second-order valence-electron chi connectivity index (χ2n) is 5.84. The molecule has 1 aliphatic rings. The van der Waals surface area contributed by atoms with E-state index in [2.05, 4.69) is 10.1 Å². The average Bonchev–Trinajstić information content (AvgIpc) is 2.74. The molecule has 1 atom stereocenters. The Morgan fingerprint density at radius 2 is 2.10 bits per heavy atom. The second kappa shape index (κ2) is 7.33. The largest absolute Gasteiger partial charge is 0.448 e. The molecule has 0 aromatic heterocycles. The number of likely N-dealkylation sites (tertiary alicyclic amines) is 1. The standard InChI is InChI=1S/C13H25N3O4/c1-13(2,3)20-12(18)16-7-4-5-10(16)9-15-6-8-19-11(14)17/h10,15H,4-9H2,1-3H3,(H2,14,17). The molecule has 0 spiro atoms. The molecule has 1 unspecified atom stereocenters. The lowest BCUT2D eigenvalue weighted by molar-refractivity contribution is 0.0226. The molecule has 0 aromatic carbocycles. The Morgan fingerprint density at radius 3 is 2.70 bits per heavy atom. The number of rotatable bonds is 5. The fourth-order valence-electron chi connectivity index (χ4n) is 2.10. The quantitative estimate of drug-likeness (QED) is 0.738. The van der Waals surface area contributed by atoms with Gasteiger partial charge in [0.15, 0.2) is 0 Å². The minimum atomic E-state index is -0.775. The van der Waals surface area contributed by atoms with Crippen molar-refractivity contribution >= 4 is 12.2 Å². The molecule has 0 bridgehead atoms. The van der Waals surface area contributed by atoms with E-state index in [0.29, 0.717) is 13.1 Å². The van der Waals surface area contributed by atoms with E-state index in [-0.39, 0.29) is 18.7 Å². The van der Waals surface area contributed by atoms with Crippen molar-refractivity contribution in [3.05, 3.63) is 0 Å². The maximum atomic E-state index is 12.0. The molecule has 0 saturated carbocycles. The van der Waals surface area contributed by atoms with Crippen LogP contribution in [0.1, 0.15) is 33.6 Å². The third-order valence-corrected chi connectivity index (χ3v) is 2.91. The van der Waals surface area contributed by atoms with Gasteiger partial charge in [0.2, 0.25) is 0 Å². The minimum Gasteiger partial charge on any atom is -0.448 e. The zero-order valence-electron chi connectivity index (χ0n) is 12.5. The topological polar surface area (TPSA) is 93.9 Å². The van der Waals surface area contributed by atoms with Crippen molar-refractivity contribution in [2.24, 2.45) is 5.73 Å². The van der Waals surface area contributed by atoms with Gasteiger partial charge in [0, 0.05) is 25.7 Å². The van der Waals surface area contributed by atoms with E-state index in [9.17, 15) is 9.59 Å². The fraction of sp³-hybridized carbons (Fsp3) is 0.846. The molecule has 1 heterocycles. The van der Waals surface area contributed by atoms with E-state index in [1.54, 1.807) is 4.90 Å². The molecule has 0 aromatic rings. The van der Waals surface area contributed by atoms with E-state index in [1.165, 1.54) is 0 Å². The molecule has 1 saturated heterocycles. The predicted octanol–water partition coefficient (Wildman–Crippen LogP) is 1.07. The van der Waals surface area contributed by atoms with Gasteiger partial charge in [-0.25, -0.2) is 9.59 Å². The summed E-state index contributed by atoms with van der Waals surface area (Å²) < 4.78 is 10.0. The highest BCUT2D eigenvalue weighted by atomic mass is 16.6. The normalized spacial score (nSPS) is 18.9. The summed E-state index contributed by atoms with van der Waals surface area (Å²) in [5.41, 5.74) is 4.38. The molecular weight excluding hydrogens is 262 g/mol. The highest BCUT2D eigenvalue weighted by Gasteiger charge is 2.31. The van der Waals surface area contributed by atoms with Gasteiger partial charge in [-0.15, -0.1) is 0 Å². The number of hydrogen-bond acceptors (Lipinski definition) is 5. The van der Waals surface area contributed by atoms with Gasteiger partial charge in [-0.1, -0.05) is 0 Å². The Kier molecular flexibility index (Phi) is 6.06. The SMILES string of the molecule is CC(C)(C)OC(=O)N1CCCC1CNCCOC(N)=O. The van der Waals surface area contributed by atoms with E-state index < -0.39 is 11.7 Å². The molecule has 2 amide bonds. The molecule has 116 valence electrons. The van der Waals surface area contributed by atoms with Gasteiger partial charge >= 0.3 is 12.2 Å². The van der Waals surface area contributed by atoms with Crippen LogP contribution in [-0.2, 0) is 9.47 Å². The lowest BCUT2D eigenvalue weighted by Crippen LogP contribution is -2.44. The van der Waals surface area contributed by atoms with Crippen molar-refractivity contribution in [2.45, 2.75) is 45.3 Å². The molecular formula is C13H25N3O4. The van der Waals surface area contributed by atoms with Crippen molar-refractivity contribution in [2.75, 3.05) is 26.2 Å². The predicted molar refractivity (Wildman–Crippen MR) is 74.4 cm³/mol. The molecule has 1 fully saturated rings. The summed E-state index contributed by atoms with van der Waals surface area (Å²) in [4.78, 5) is 24.2. The van der Waals surface area contributed by atoms with E-state index in [1.807, 2.05) is 20.8 Å². The maximum absolute atomic E-state index is 12.0. The molecule has 3 N–H and O–H groups in total. The van der Waals surface area contributed by atoms with Crippen LogP contribution in [-0.4, -0.2) is 55.0 Å². The zero-order chi connectivity index (χ0) is 15.2. The summed E-state index contributed by atoms with van der Waals surface area (Å²) in [7, 11) is 0. The molecule has 0 radical (unpaired) electrons. The number of nitrogens with one attached hydrogen (secondary N) is 1. The number of hydrogen-bond donors (Lipinski definition) is 2. The highest BCUT2D eigenvalue weighted by Crippen LogP contribution is 2.20. The number of primary amides is 1. The second-order valence-corrected chi connectivity index (χ2v) is 5.84. The van der Waals surface area contributed by atoms with Crippen molar-refractivity contribution in [1.82, 2.24) is 10.2 Å². The monoisotopic (exact) mass is 287 g/mol. The minimum absolute atomic E-state index is 0.124. The average molecular weight is 287 g/mol. The Labute approximate surface area is 119 Å². The number of carbonyl (C=O) groups excluding carboxylic acids is 2. The Balaban J connectivity index is 2.30.